The molecule has 5 heteroatoms. The number of hydrogen-bond donors (Lipinski definition) is 0. The van der Waals surface area contributed by atoms with E-state index >= 15 is 0 Å². The van der Waals surface area contributed by atoms with Crippen molar-refractivity contribution in [3.8, 4) is 100 Å². The van der Waals surface area contributed by atoms with Gasteiger partial charge in [-0.1, -0.05) is 339 Å². The van der Waals surface area contributed by atoms with E-state index in [0.717, 1.165) is 129 Å². The molecule has 22 aromatic rings. The zero-order valence-electron chi connectivity index (χ0n) is 68.4. The van der Waals surface area contributed by atoms with Crippen LogP contribution in [0.4, 0.5) is 34.1 Å². The van der Waals surface area contributed by atoms with Gasteiger partial charge in [0.25, 0.3) is 6.71 Å². The van der Waals surface area contributed by atoms with Crippen molar-refractivity contribution in [1.82, 2.24) is 8.80 Å². The molecule has 0 atom stereocenters. The van der Waals surface area contributed by atoms with Crippen LogP contribution >= 0.6 is 0 Å². The molecule has 0 saturated carbocycles. The number of nitrogens with zero attached hydrogens (tertiary/aromatic N) is 4. The van der Waals surface area contributed by atoms with E-state index < -0.39 is 0 Å². The van der Waals surface area contributed by atoms with Crippen LogP contribution in [0.3, 0.4) is 0 Å². The SMILES string of the molecule is CC(C)(C)c1cc(-c2cc3c4c(c2)N(c2c(-c5ccccc5)cc(-c5ccccc5)cc2-c2ccccc2)c2cc(-c5cc6c7ccccc7n7c8ccccc8c(c5)c67)ccc2B4c2ccc(-c4cc5c6ccccc6n6c7ccccc7c(c4)c56)cc2N3c2c(-c3ccccc3)cc(-c3ccccc3)cc2-c2ccccc2)cc(C(C)(C)C)c1. The highest BCUT2D eigenvalue weighted by Crippen LogP contribution is 2.57. The molecular formula is C116H83BN4. The summed E-state index contributed by atoms with van der Waals surface area (Å²) in [6, 6.07) is 151. The fraction of sp³-hybridized carbons (Fsp3) is 0.0690. The van der Waals surface area contributed by atoms with Crippen molar-refractivity contribution in [3.63, 3.8) is 0 Å². The average Bonchev–Trinajstić information content (AvgIpc) is 1.11. The number of rotatable bonds is 11. The molecular weight excluding hydrogens is 1460 g/mol. The van der Waals surface area contributed by atoms with Gasteiger partial charge in [-0.3, -0.25) is 0 Å². The topological polar surface area (TPSA) is 15.3 Å². The molecule has 2 aliphatic rings. The van der Waals surface area contributed by atoms with Crippen molar-refractivity contribution < 1.29 is 0 Å². The molecule has 570 valence electrons. The van der Waals surface area contributed by atoms with Crippen LogP contribution in [-0.2, 0) is 10.8 Å². The molecule has 121 heavy (non-hydrogen) atoms. The fourth-order valence-electron chi connectivity index (χ4n) is 20.6. The Kier molecular flexibility index (Phi) is 15.6. The van der Waals surface area contributed by atoms with Gasteiger partial charge >= 0.3 is 0 Å². The summed E-state index contributed by atoms with van der Waals surface area (Å²) in [7, 11) is 0. The largest absolute Gasteiger partial charge is 0.310 e. The van der Waals surface area contributed by atoms with Crippen molar-refractivity contribution in [3.05, 3.63) is 405 Å². The lowest BCUT2D eigenvalue weighted by molar-refractivity contribution is 0.569. The highest BCUT2D eigenvalue weighted by molar-refractivity contribution is 7.00. The summed E-state index contributed by atoms with van der Waals surface area (Å²) in [6.07, 6.45) is 0. The zero-order chi connectivity index (χ0) is 80.7. The van der Waals surface area contributed by atoms with Crippen LogP contribution in [0, 0.1) is 0 Å². The maximum Gasteiger partial charge on any atom is 0.252 e. The van der Waals surface area contributed by atoms with Crippen LogP contribution in [0.2, 0.25) is 0 Å². The Bertz CT molecular complexity index is 7200. The number of anilines is 6. The number of fused-ring (bicyclic) bond motifs is 16. The Morgan fingerprint density at radius 2 is 0.455 bits per heavy atom. The van der Waals surface area contributed by atoms with E-state index in [2.05, 4.69) is 454 Å². The number of benzene rings is 18. The van der Waals surface area contributed by atoms with Gasteiger partial charge < -0.3 is 18.6 Å². The third-order valence-corrected chi connectivity index (χ3v) is 26.4. The van der Waals surface area contributed by atoms with Crippen LogP contribution in [-0.4, -0.2) is 15.5 Å². The van der Waals surface area contributed by atoms with E-state index in [1.54, 1.807) is 0 Å². The Balaban J connectivity index is 0.886. The highest BCUT2D eigenvalue weighted by atomic mass is 15.2. The predicted molar refractivity (Wildman–Crippen MR) is 516 cm³/mol. The van der Waals surface area contributed by atoms with Crippen LogP contribution in [0.25, 0.3) is 176 Å². The molecule has 0 unspecified atom stereocenters. The van der Waals surface area contributed by atoms with Gasteiger partial charge in [0.15, 0.2) is 0 Å². The molecule has 0 aliphatic carbocycles. The van der Waals surface area contributed by atoms with Crippen molar-refractivity contribution in [1.29, 1.82) is 0 Å². The van der Waals surface area contributed by atoms with Gasteiger partial charge in [-0.2, -0.15) is 0 Å². The van der Waals surface area contributed by atoms with Crippen molar-refractivity contribution in [2.24, 2.45) is 0 Å². The van der Waals surface area contributed by atoms with E-state index in [1.165, 1.54) is 109 Å². The minimum Gasteiger partial charge on any atom is -0.310 e. The lowest BCUT2D eigenvalue weighted by Crippen LogP contribution is -2.61. The van der Waals surface area contributed by atoms with Gasteiger partial charge in [0.2, 0.25) is 0 Å². The van der Waals surface area contributed by atoms with Crippen molar-refractivity contribution in [2.45, 2.75) is 52.4 Å². The summed E-state index contributed by atoms with van der Waals surface area (Å²) in [4.78, 5) is 5.51. The summed E-state index contributed by atoms with van der Waals surface area (Å²) >= 11 is 0. The first-order chi connectivity index (χ1) is 59.3. The highest BCUT2D eigenvalue weighted by Gasteiger charge is 2.46. The Morgan fingerprint density at radius 3 is 0.760 bits per heavy atom. The molecule has 0 bridgehead atoms. The van der Waals surface area contributed by atoms with Gasteiger partial charge in [0, 0.05) is 88.1 Å². The minimum absolute atomic E-state index is 0.198. The molecule has 4 nitrogen and oxygen atoms in total. The van der Waals surface area contributed by atoms with E-state index in [9.17, 15) is 0 Å². The molecule has 0 radical (unpaired) electrons. The molecule has 0 amide bonds. The van der Waals surface area contributed by atoms with Crippen LogP contribution in [0.15, 0.2) is 394 Å². The summed E-state index contributed by atoms with van der Waals surface area (Å²) in [6.45, 7) is 13.9. The zero-order valence-corrected chi connectivity index (χ0v) is 68.4. The summed E-state index contributed by atoms with van der Waals surface area (Å²) in [5.41, 5.74) is 40.3. The lowest BCUT2D eigenvalue weighted by Gasteiger charge is -2.46. The van der Waals surface area contributed by atoms with Gasteiger partial charge in [0.05, 0.1) is 44.5 Å². The van der Waals surface area contributed by atoms with Crippen molar-refractivity contribution in [2.75, 3.05) is 9.80 Å². The number of aromatic nitrogens is 2. The first-order valence-electron chi connectivity index (χ1n) is 42.6. The predicted octanol–water partition coefficient (Wildman–Crippen LogP) is 29.7. The molecule has 6 heterocycles. The molecule has 0 N–H and O–H groups in total. The lowest BCUT2D eigenvalue weighted by atomic mass is 9.33. The monoisotopic (exact) mass is 1540 g/mol. The van der Waals surface area contributed by atoms with Gasteiger partial charge in [0.1, 0.15) is 0 Å². The molecule has 4 aromatic heterocycles. The molecule has 0 spiro atoms. The summed E-state index contributed by atoms with van der Waals surface area (Å²) in [5, 5.41) is 9.97. The van der Waals surface area contributed by atoms with E-state index in [0.29, 0.717) is 0 Å². The number of para-hydroxylation sites is 4. The average molecular weight is 1540 g/mol. The normalized spacial score (nSPS) is 12.8. The van der Waals surface area contributed by atoms with Gasteiger partial charge in [-0.25, -0.2) is 0 Å². The quantitative estimate of drug-likeness (QED) is 0.120. The first kappa shape index (κ1) is 70.4. The summed E-state index contributed by atoms with van der Waals surface area (Å²) in [5.74, 6) is 0. The van der Waals surface area contributed by atoms with Crippen LogP contribution in [0.5, 0.6) is 0 Å². The Hall–Kier alpha value is -14.8. The van der Waals surface area contributed by atoms with Crippen LogP contribution < -0.4 is 26.2 Å². The second-order valence-electron chi connectivity index (χ2n) is 35.5. The maximum atomic E-state index is 2.76. The van der Waals surface area contributed by atoms with Crippen LogP contribution in [0.1, 0.15) is 52.7 Å². The second kappa shape index (κ2) is 26.9. The van der Waals surface area contributed by atoms with E-state index in [4.69, 9.17) is 0 Å². The third kappa shape index (κ3) is 11.0. The Labute approximate surface area is 705 Å². The molecule has 24 rings (SSSR count). The first-order valence-corrected chi connectivity index (χ1v) is 42.6. The van der Waals surface area contributed by atoms with Crippen molar-refractivity contribution >= 4 is 133 Å². The smallest absolute Gasteiger partial charge is 0.252 e. The maximum absolute atomic E-state index is 2.76. The Morgan fingerprint density at radius 1 is 0.198 bits per heavy atom. The molecule has 18 aromatic carbocycles. The minimum atomic E-state index is -0.312. The standard InChI is InChI=1S/C116H83BN4/c1-115(2,3)86-57-80(58-87(71-86)116(4,5)6)85-69-108-110-109(70-85)121(112-94(76-41-21-11-22-42-76)61-82(73-35-15-8-16-36-73)62-95(112)77-43-23-12-24-44-77)107-68-79(84-65-98-90-47-27-31-51-104(90)119-105-52-32-28-48-91(105)99(66-84)114(98)119)54-56-101(107)117(110)100-55-53-78(83-63-96-88-45-25-29-49-102(88)118-103-50-30-26-46-89(103)97(64-83)113(96)118)67-106(100)120(108)111-92(74-37-17-9-18-38-74)59-81(72-33-13-7-14-34-72)60-93(111)75-39-19-10-20-40-75/h7-71H,1-6H3. The van der Waals surface area contributed by atoms with Gasteiger partial charge in [-0.05, 0) is 213 Å². The second-order valence-corrected chi connectivity index (χ2v) is 35.5. The molecule has 0 fully saturated rings. The van der Waals surface area contributed by atoms with Gasteiger partial charge in [-0.15, -0.1) is 0 Å². The van der Waals surface area contributed by atoms with E-state index in [1.807, 2.05) is 0 Å². The third-order valence-electron chi connectivity index (χ3n) is 26.4. The molecule has 0 saturated heterocycles. The van der Waals surface area contributed by atoms with E-state index in [-0.39, 0.29) is 17.5 Å². The molecule has 2 aliphatic heterocycles. The number of hydrogen-bond acceptors (Lipinski definition) is 2. The fourth-order valence-corrected chi connectivity index (χ4v) is 20.6. The summed E-state index contributed by atoms with van der Waals surface area (Å²) < 4.78 is 5.00.